The van der Waals surface area contributed by atoms with Crippen LogP contribution in [0.2, 0.25) is 0 Å². The number of carbonyl (C=O) groups is 2. The van der Waals surface area contributed by atoms with E-state index in [0.717, 1.165) is 22.0 Å². The summed E-state index contributed by atoms with van der Waals surface area (Å²) in [4.78, 5) is 25.1. The van der Waals surface area contributed by atoms with Gasteiger partial charge in [-0.2, -0.15) is 0 Å². The third-order valence-corrected chi connectivity index (χ3v) is 5.17. The number of hydrazine groups is 1. The van der Waals surface area contributed by atoms with E-state index in [-0.39, 0.29) is 18.6 Å². The van der Waals surface area contributed by atoms with Crippen LogP contribution in [0.3, 0.4) is 0 Å². The summed E-state index contributed by atoms with van der Waals surface area (Å²) in [5.74, 6) is 0.765. The lowest BCUT2D eigenvalue weighted by atomic mass is 9.93. The molecule has 1 N–H and O–H groups in total. The van der Waals surface area contributed by atoms with Gasteiger partial charge in [-0.1, -0.05) is 24.3 Å². The lowest BCUT2D eigenvalue weighted by Crippen LogP contribution is -2.51. The van der Waals surface area contributed by atoms with E-state index in [1.165, 1.54) is 11.9 Å². The highest BCUT2D eigenvalue weighted by Gasteiger charge is 2.39. The fourth-order valence-electron chi connectivity index (χ4n) is 3.99. The molecule has 0 aliphatic carbocycles. The van der Waals surface area contributed by atoms with E-state index in [4.69, 9.17) is 9.47 Å². The minimum absolute atomic E-state index is 0.177. The average molecular weight is 363 g/mol. The highest BCUT2D eigenvalue weighted by molar-refractivity contribution is 6.04. The van der Waals surface area contributed by atoms with Crippen molar-refractivity contribution in [1.82, 2.24) is 15.0 Å². The number of para-hydroxylation sites is 1. The van der Waals surface area contributed by atoms with Crippen LogP contribution >= 0.6 is 0 Å². The number of carbonyl (C=O) groups excluding carboxylic acids is 2. The van der Waals surface area contributed by atoms with E-state index < -0.39 is 6.04 Å². The highest BCUT2D eigenvalue weighted by atomic mass is 16.7. The van der Waals surface area contributed by atoms with Gasteiger partial charge in [-0.15, -0.1) is 0 Å². The van der Waals surface area contributed by atoms with Crippen molar-refractivity contribution in [3.63, 3.8) is 0 Å². The Morgan fingerprint density at radius 3 is 2.74 bits per heavy atom. The second-order valence-corrected chi connectivity index (χ2v) is 6.68. The standard InChI is InChI=1S/C20H17N3O4/c1-11(24)23-18(12-7-8-15-16(9-12)27-10-26-15)17-13-5-3-4-6-14(13)22(2)19(17)20(25)21-23/h3-9,18H,10H2,1-2H3,(H,21,25). The molecule has 7 nitrogen and oxygen atoms in total. The molecule has 0 fully saturated rings. The number of nitrogens with zero attached hydrogens (tertiary/aromatic N) is 2. The third-order valence-electron chi connectivity index (χ3n) is 5.17. The Morgan fingerprint density at radius 1 is 1.15 bits per heavy atom. The minimum Gasteiger partial charge on any atom is -0.454 e. The summed E-state index contributed by atoms with van der Waals surface area (Å²) in [6, 6.07) is 12.9. The quantitative estimate of drug-likeness (QED) is 0.721. The average Bonchev–Trinajstić information content (AvgIpc) is 3.25. The second kappa shape index (κ2) is 5.51. The number of benzene rings is 2. The van der Waals surface area contributed by atoms with Crippen LogP contribution in [-0.2, 0) is 11.8 Å². The van der Waals surface area contributed by atoms with E-state index in [2.05, 4.69) is 5.43 Å². The molecular weight excluding hydrogens is 346 g/mol. The number of amides is 2. The summed E-state index contributed by atoms with van der Waals surface area (Å²) in [5.41, 5.74) is 5.88. The van der Waals surface area contributed by atoms with Gasteiger partial charge >= 0.3 is 0 Å². The summed E-state index contributed by atoms with van der Waals surface area (Å²) in [6.07, 6.45) is 0. The molecule has 1 unspecified atom stereocenters. The molecule has 0 spiro atoms. The maximum Gasteiger partial charge on any atom is 0.286 e. The SMILES string of the molecule is CC(=O)N1NC(=O)c2c(c3ccccc3n2C)C1c1ccc2c(c1)OCO2. The van der Waals surface area contributed by atoms with E-state index >= 15 is 0 Å². The van der Waals surface area contributed by atoms with Crippen molar-refractivity contribution < 1.29 is 19.1 Å². The first-order chi connectivity index (χ1) is 13.1. The summed E-state index contributed by atoms with van der Waals surface area (Å²) < 4.78 is 12.8. The molecule has 2 amide bonds. The Bertz CT molecular complexity index is 1120. The molecular formula is C20H17N3O4. The van der Waals surface area contributed by atoms with E-state index in [0.29, 0.717) is 17.2 Å². The van der Waals surface area contributed by atoms with Crippen LogP contribution in [0.5, 0.6) is 11.5 Å². The molecule has 27 heavy (non-hydrogen) atoms. The van der Waals surface area contributed by atoms with Crippen molar-refractivity contribution in [2.24, 2.45) is 7.05 Å². The molecule has 0 bridgehead atoms. The molecule has 2 aliphatic heterocycles. The second-order valence-electron chi connectivity index (χ2n) is 6.68. The van der Waals surface area contributed by atoms with Crippen molar-refractivity contribution in [2.75, 3.05) is 6.79 Å². The van der Waals surface area contributed by atoms with Crippen molar-refractivity contribution in [3.05, 3.63) is 59.3 Å². The number of fused-ring (bicyclic) bond motifs is 4. The summed E-state index contributed by atoms with van der Waals surface area (Å²) >= 11 is 0. The predicted octanol–water partition coefficient (Wildman–Crippen LogP) is 2.50. The Kier molecular flexibility index (Phi) is 3.21. The lowest BCUT2D eigenvalue weighted by molar-refractivity contribution is -0.133. The monoisotopic (exact) mass is 363 g/mol. The van der Waals surface area contributed by atoms with Crippen LogP contribution in [-0.4, -0.2) is 28.2 Å². The summed E-state index contributed by atoms with van der Waals surface area (Å²) in [5, 5.41) is 2.33. The fraction of sp³-hybridized carbons (Fsp3) is 0.200. The number of rotatable bonds is 1. The molecule has 2 aromatic carbocycles. The molecule has 2 aliphatic rings. The Morgan fingerprint density at radius 2 is 1.93 bits per heavy atom. The molecule has 3 heterocycles. The third kappa shape index (κ3) is 2.14. The maximum absolute atomic E-state index is 12.8. The van der Waals surface area contributed by atoms with E-state index in [1.54, 1.807) is 0 Å². The molecule has 7 heteroatoms. The molecule has 0 radical (unpaired) electrons. The number of aromatic nitrogens is 1. The van der Waals surface area contributed by atoms with Crippen molar-refractivity contribution in [2.45, 2.75) is 13.0 Å². The molecule has 5 rings (SSSR count). The molecule has 1 aromatic heterocycles. The van der Waals surface area contributed by atoms with E-state index in [1.807, 2.05) is 54.1 Å². The summed E-state index contributed by atoms with van der Waals surface area (Å²) in [7, 11) is 1.86. The first kappa shape index (κ1) is 15.7. The van der Waals surface area contributed by atoms with Gasteiger partial charge in [0.05, 0.1) is 0 Å². The number of hydrogen-bond acceptors (Lipinski definition) is 4. The van der Waals surface area contributed by atoms with Gasteiger partial charge < -0.3 is 14.0 Å². The molecule has 3 aromatic rings. The van der Waals surface area contributed by atoms with Gasteiger partial charge in [0.2, 0.25) is 12.7 Å². The molecule has 1 atom stereocenters. The number of nitrogens with one attached hydrogen (secondary N) is 1. The van der Waals surface area contributed by atoms with Gasteiger partial charge in [0.25, 0.3) is 5.91 Å². The molecule has 0 saturated heterocycles. The zero-order valence-electron chi connectivity index (χ0n) is 14.9. The zero-order valence-corrected chi connectivity index (χ0v) is 14.9. The Balaban J connectivity index is 1.80. The summed E-state index contributed by atoms with van der Waals surface area (Å²) in [6.45, 7) is 1.62. The van der Waals surface area contributed by atoms with Crippen molar-refractivity contribution in [3.8, 4) is 11.5 Å². The number of ether oxygens (including phenoxy) is 2. The van der Waals surface area contributed by atoms with Crippen molar-refractivity contribution >= 4 is 22.7 Å². The van der Waals surface area contributed by atoms with Crippen LogP contribution in [0.1, 0.15) is 34.6 Å². The topological polar surface area (TPSA) is 72.8 Å². The van der Waals surface area contributed by atoms with Gasteiger partial charge in [0, 0.05) is 30.4 Å². The van der Waals surface area contributed by atoms with Crippen LogP contribution in [0.15, 0.2) is 42.5 Å². The lowest BCUT2D eigenvalue weighted by Gasteiger charge is -2.35. The van der Waals surface area contributed by atoms with Crippen LogP contribution in [0.25, 0.3) is 10.9 Å². The van der Waals surface area contributed by atoms with Crippen LogP contribution < -0.4 is 14.9 Å². The molecule has 136 valence electrons. The first-order valence-corrected chi connectivity index (χ1v) is 8.64. The number of aryl methyl sites for hydroxylation is 1. The maximum atomic E-state index is 12.8. The zero-order chi connectivity index (χ0) is 18.7. The van der Waals surface area contributed by atoms with Crippen molar-refractivity contribution in [1.29, 1.82) is 0 Å². The van der Waals surface area contributed by atoms with Gasteiger partial charge in [-0.3, -0.25) is 15.0 Å². The predicted molar refractivity (Wildman–Crippen MR) is 97.3 cm³/mol. The largest absolute Gasteiger partial charge is 0.454 e. The van der Waals surface area contributed by atoms with Gasteiger partial charge in [0.15, 0.2) is 11.5 Å². The van der Waals surface area contributed by atoms with Gasteiger partial charge in [-0.05, 0) is 23.8 Å². The fourth-order valence-corrected chi connectivity index (χ4v) is 3.99. The van der Waals surface area contributed by atoms with Gasteiger partial charge in [-0.25, -0.2) is 5.01 Å². The highest BCUT2D eigenvalue weighted by Crippen LogP contribution is 2.42. The van der Waals surface area contributed by atoms with E-state index in [9.17, 15) is 9.59 Å². The first-order valence-electron chi connectivity index (χ1n) is 8.64. The minimum atomic E-state index is -0.462. The Hall–Kier alpha value is -3.48. The number of hydrogen-bond donors (Lipinski definition) is 1. The molecule has 0 saturated carbocycles. The Labute approximate surface area is 155 Å². The normalized spacial score (nSPS) is 17.8. The van der Waals surface area contributed by atoms with Crippen LogP contribution in [0.4, 0.5) is 0 Å². The van der Waals surface area contributed by atoms with Crippen LogP contribution in [0, 0.1) is 0 Å². The van der Waals surface area contributed by atoms with Gasteiger partial charge in [0.1, 0.15) is 11.7 Å². The smallest absolute Gasteiger partial charge is 0.286 e.